The molecule has 0 aromatic carbocycles. The monoisotopic (exact) mass is 186 g/mol. The first-order chi connectivity index (χ1) is 5.24. The molecule has 0 saturated carbocycles. The van der Waals surface area contributed by atoms with E-state index in [0.717, 1.165) is 5.56 Å². The van der Waals surface area contributed by atoms with Crippen LogP contribution in [0.15, 0.2) is 6.07 Å². The van der Waals surface area contributed by atoms with Crippen molar-refractivity contribution >= 4 is 23.2 Å². The summed E-state index contributed by atoms with van der Waals surface area (Å²) in [5.41, 5.74) is 0.731. The van der Waals surface area contributed by atoms with Gasteiger partial charge in [-0.3, -0.25) is 0 Å². The molecule has 0 atom stereocenters. The summed E-state index contributed by atoms with van der Waals surface area (Å²) >= 11 is 11.2. The molecular weight excluding hydrogens is 183 g/mol. The molecule has 0 aliphatic heterocycles. The Bertz CT molecular complexity index is 304. The van der Waals surface area contributed by atoms with Crippen molar-refractivity contribution in [2.75, 3.05) is 0 Å². The van der Waals surface area contributed by atoms with Crippen LogP contribution in [0.1, 0.15) is 5.56 Å². The van der Waals surface area contributed by atoms with Gasteiger partial charge in [0.1, 0.15) is 0 Å². The molecule has 0 aliphatic rings. The van der Waals surface area contributed by atoms with E-state index in [1.165, 1.54) is 0 Å². The van der Waals surface area contributed by atoms with E-state index in [2.05, 4.69) is 16.1 Å². The minimum atomic E-state index is 0.305. The van der Waals surface area contributed by atoms with Crippen LogP contribution in [0.25, 0.3) is 0 Å². The minimum absolute atomic E-state index is 0.305. The van der Waals surface area contributed by atoms with Crippen LogP contribution in [-0.4, -0.2) is 10.2 Å². The number of nitrogens with zero attached hydrogens (tertiary/aromatic N) is 2. The fraction of sp³-hybridized carbons (Fsp3) is 0.143. The third-order valence-electron chi connectivity index (χ3n) is 1.08. The van der Waals surface area contributed by atoms with Gasteiger partial charge in [0, 0.05) is 12.0 Å². The van der Waals surface area contributed by atoms with Crippen LogP contribution < -0.4 is 0 Å². The summed E-state index contributed by atoms with van der Waals surface area (Å²) in [7, 11) is 0. The number of rotatable bonds is 1. The molecule has 2 nitrogen and oxygen atoms in total. The summed E-state index contributed by atoms with van der Waals surface area (Å²) < 4.78 is 0. The molecule has 1 heterocycles. The molecule has 0 saturated heterocycles. The quantitative estimate of drug-likeness (QED) is 0.628. The third-order valence-corrected chi connectivity index (χ3v) is 1.59. The van der Waals surface area contributed by atoms with Crippen LogP contribution in [0.2, 0.25) is 10.3 Å². The number of terminal acetylenes is 1. The zero-order chi connectivity index (χ0) is 8.27. The van der Waals surface area contributed by atoms with E-state index in [1.54, 1.807) is 6.07 Å². The molecule has 4 heteroatoms. The molecule has 1 aromatic heterocycles. The van der Waals surface area contributed by atoms with Gasteiger partial charge in [0.25, 0.3) is 0 Å². The van der Waals surface area contributed by atoms with Gasteiger partial charge in [0.2, 0.25) is 0 Å². The Kier molecular flexibility index (Phi) is 2.70. The average Bonchev–Trinajstić information content (AvgIpc) is 1.98. The third kappa shape index (κ3) is 2.07. The van der Waals surface area contributed by atoms with Crippen LogP contribution in [0.4, 0.5) is 0 Å². The lowest BCUT2D eigenvalue weighted by atomic mass is 10.2. The second-order valence-corrected chi connectivity index (χ2v) is 2.61. The van der Waals surface area contributed by atoms with Crippen molar-refractivity contribution in [2.24, 2.45) is 0 Å². The molecule has 0 amide bonds. The van der Waals surface area contributed by atoms with Crippen LogP contribution in [0.3, 0.4) is 0 Å². The van der Waals surface area contributed by atoms with E-state index in [9.17, 15) is 0 Å². The maximum Gasteiger partial charge on any atom is 0.155 e. The molecule has 0 spiro atoms. The molecule has 0 unspecified atom stereocenters. The molecule has 0 N–H and O–H groups in total. The van der Waals surface area contributed by atoms with Crippen LogP contribution in [0.5, 0.6) is 0 Å². The normalized spacial score (nSPS) is 9.18. The Hall–Kier alpha value is -0.780. The first-order valence-corrected chi connectivity index (χ1v) is 3.60. The number of aromatic nitrogens is 2. The Labute approximate surface area is 74.5 Å². The second-order valence-electron chi connectivity index (χ2n) is 1.86. The van der Waals surface area contributed by atoms with E-state index in [4.69, 9.17) is 29.6 Å². The van der Waals surface area contributed by atoms with Gasteiger partial charge in [0.05, 0.1) is 0 Å². The van der Waals surface area contributed by atoms with Crippen molar-refractivity contribution in [3.8, 4) is 12.3 Å². The largest absolute Gasteiger partial charge is 0.155 e. The first-order valence-electron chi connectivity index (χ1n) is 2.85. The molecule has 56 valence electrons. The fourth-order valence-corrected chi connectivity index (χ4v) is 0.951. The lowest BCUT2D eigenvalue weighted by Crippen LogP contribution is -1.90. The highest BCUT2D eigenvalue weighted by atomic mass is 35.5. The molecule has 1 rings (SSSR count). The Balaban J connectivity index is 3.05. The van der Waals surface area contributed by atoms with Crippen molar-refractivity contribution < 1.29 is 0 Å². The standard InChI is InChI=1S/C7H4Cl2N2/c1-2-3-5-4-6(8)10-11-7(5)9/h1,4H,3H2. The highest BCUT2D eigenvalue weighted by Gasteiger charge is 2.01. The van der Waals surface area contributed by atoms with Crippen LogP contribution in [-0.2, 0) is 6.42 Å². The zero-order valence-electron chi connectivity index (χ0n) is 5.51. The van der Waals surface area contributed by atoms with Gasteiger partial charge >= 0.3 is 0 Å². The highest BCUT2D eigenvalue weighted by molar-refractivity contribution is 6.31. The molecule has 0 aliphatic carbocycles. The highest BCUT2D eigenvalue weighted by Crippen LogP contribution is 2.14. The summed E-state index contributed by atoms with van der Waals surface area (Å²) in [5.74, 6) is 2.44. The van der Waals surface area contributed by atoms with E-state index < -0.39 is 0 Å². The van der Waals surface area contributed by atoms with Gasteiger partial charge in [-0.1, -0.05) is 23.2 Å². The van der Waals surface area contributed by atoms with Crippen molar-refractivity contribution in [1.82, 2.24) is 10.2 Å². The van der Waals surface area contributed by atoms with Crippen LogP contribution >= 0.6 is 23.2 Å². The minimum Gasteiger partial charge on any atom is -0.137 e. The van der Waals surface area contributed by atoms with Crippen molar-refractivity contribution in [1.29, 1.82) is 0 Å². The fourth-order valence-electron chi connectivity index (χ4n) is 0.622. The topological polar surface area (TPSA) is 25.8 Å². The summed E-state index contributed by atoms with van der Waals surface area (Å²) in [6.45, 7) is 0. The lowest BCUT2D eigenvalue weighted by Gasteiger charge is -1.96. The summed E-state index contributed by atoms with van der Waals surface area (Å²) in [6, 6.07) is 1.61. The van der Waals surface area contributed by atoms with Gasteiger partial charge < -0.3 is 0 Å². The average molecular weight is 187 g/mol. The van der Waals surface area contributed by atoms with Crippen molar-refractivity contribution in [3.05, 3.63) is 21.9 Å². The lowest BCUT2D eigenvalue weighted by molar-refractivity contribution is 1.01. The van der Waals surface area contributed by atoms with Crippen LogP contribution in [0, 0.1) is 12.3 Å². The van der Waals surface area contributed by atoms with E-state index in [-0.39, 0.29) is 0 Å². The number of hydrogen-bond acceptors (Lipinski definition) is 2. The molecule has 0 fully saturated rings. The van der Waals surface area contributed by atoms with Gasteiger partial charge in [0.15, 0.2) is 10.3 Å². The van der Waals surface area contributed by atoms with E-state index >= 15 is 0 Å². The van der Waals surface area contributed by atoms with Crippen molar-refractivity contribution in [3.63, 3.8) is 0 Å². The van der Waals surface area contributed by atoms with Crippen molar-refractivity contribution in [2.45, 2.75) is 6.42 Å². The maximum absolute atomic E-state index is 5.65. The zero-order valence-corrected chi connectivity index (χ0v) is 7.02. The second kappa shape index (κ2) is 3.56. The van der Waals surface area contributed by atoms with Gasteiger partial charge in [-0.2, -0.15) is 0 Å². The SMILES string of the molecule is C#CCc1cc(Cl)nnc1Cl. The number of halogens is 2. The molecular formula is C7H4Cl2N2. The van der Waals surface area contributed by atoms with Gasteiger partial charge in [-0.15, -0.1) is 22.5 Å². The number of hydrogen-bond donors (Lipinski definition) is 0. The molecule has 1 aromatic rings. The summed E-state index contributed by atoms with van der Waals surface area (Å²) in [5, 5.41) is 7.74. The van der Waals surface area contributed by atoms with Gasteiger partial charge in [-0.25, -0.2) is 0 Å². The maximum atomic E-state index is 5.65. The summed E-state index contributed by atoms with van der Waals surface area (Å²) in [4.78, 5) is 0. The Morgan fingerprint density at radius 3 is 2.82 bits per heavy atom. The Morgan fingerprint density at radius 2 is 2.18 bits per heavy atom. The summed E-state index contributed by atoms with van der Waals surface area (Å²) in [6.07, 6.45) is 5.50. The smallest absolute Gasteiger partial charge is 0.137 e. The predicted octanol–water partition coefficient (Wildman–Crippen LogP) is 1.96. The molecule has 0 radical (unpaired) electrons. The van der Waals surface area contributed by atoms with E-state index in [1.807, 2.05) is 0 Å². The predicted molar refractivity (Wildman–Crippen MR) is 44.6 cm³/mol. The Morgan fingerprint density at radius 1 is 1.45 bits per heavy atom. The first kappa shape index (κ1) is 8.32. The van der Waals surface area contributed by atoms with Gasteiger partial charge in [-0.05, 0) is 6.07 Å². The molecule has 11 heavy (non-hydrogen) atoms. The molecule has 0 bridgehead atoms. The van der Waals surface area contributed by atoms with E-state index in [0.29, 0.717) is 16.7 Å².